The van der Waals surface area contributed by atoms with Gasteiger partial charge in [-0.3, -0.25) is 4.79 Å². The largest absolute Gasteiger partial charge is 0.324 e. The normalized spacial score (nSPS) is 11.2. The van der Waals surface area contributed by atoms with E-state index < -0.39 is 27.3 Å². The third kappa shape index (κ3) is 5.94. The number of halogens is 2. The van der Waals surface area contributed by atoms with Gasteiger partial charge in [0, 0.05) is 0 Å². The van der Waals surface area contributed by atoms with E-state index in [0.717, 1.165) is 17.7 Å². The number of anilines is 1. The lowest BCUT2D eigenvalue weighted by Gasteiger charge is -2.08. The molecule has 0 radical (unpaired) electrons. The van der Waals surface area contributed by atoms with Gasteiger partial charge in [0.05, 0.1) is 16.5 Å². The summed E-state index contributed by atoms with van der Waals surface area (Å²) in [5.41, 5.74) is 1.23. The van der Waals surface area contributed by atoms with Crippen molar-refractivity contribution in [1.82, 2.24) is 0 Å². The zero-order valence-corrected chi connectivity index (χ0v) is 14.4. The molecule has 0 aliphatic heterocycles. The lowest BCUT2D eigenvalue weighted by molar-refractivity contribution is -0.113. The molecule has 2 rings (SSSR count). The fraction of sp³-hybridized carbons (Fsp3) is 0.235. The van der Waals surface area contributed by atoms with Gasteiger partial charge >= 0.3 is 0 Å². The highest BCUT2D eigenvalue weighted by Gasteiger charge is 2.17. The summed E-state index contributed by atoms with van der Waals surface area (Å²) in [7, 11) is -3.52. The van der Waals surface area contributed by atoms with E-state index >= 15 is 0 Å². The molecule has 128 valence electrons. The van der Waals surface area contributed by atoms with Crippen molar-refractivity contribution in [2.75, 3.05) is 16.8 Å². The molecule has 0 spiro atoms. The van der Waals surface area contributed by atoms with Crippen molar-refractivity contribution in [2.24, 2.45) is 0 Å². The molecule has 0 saturated heterocycles. The first-order valence-corrected chi connectivity index (χ1v) is 9.55. The van der Waals surface area contributed by atoms with Crippen LogP contribution < -0.4 is 5.32 Å². The Bertz CT molecular complexity index is 810. The summed E-state index contributed by atoms with van der Waals surface area (Å²) in [4.78, 5) is 11.9. The Morgan fingerprint density at radius 3 is 2.50 bits per heavy atom. The Kier molecular flexibility index (Phi) is 6.34. The molecule has 0 heterocycles. The smallest absolute Gasteiger partial charge is 0.239 e. The van der Waals surface area contributed by atoms with Crippen LogP contribution in [0.3, 0.4) is 0 Å². The molecule has 0 aliphatic carbocycles. The molecule has 7 heteroatoms. The van der Waals surface area contributed by atoms with Gasteiger partial charge in [-0.25, -0.2) is 12.8 Å². The number of carbonyl (C=O) groups is 1. The third-order valence-corrected chi connectivity index (χ3v) is 5.25. The van der Waals surface area contributed by atoms with Gasteiger partial charge in [0.2, 0.25) is 5.91 Å². The quantitative estimate of drug-likeness (QED) is 0.812. The Morgan fingerprint density at radius 2 is 1.83 bits per heavy atom. The van der Waals surface area contributed by atoms with E-state index in [1.807, 2.05) is 30.3 Å². The molecule has 0 unspecified atom stereocenters. The van der Waals surface area contributed by atoms with Crippen molar-refractivity contribution in [3.8, 4) is 0 Å². The second kappa shape index (κ2) is 8.26. The van der Waals surface area contributed by atoms with Crippen molar-refractivity contribution in [1.29, 1.82) is 0 Å². The lowest BCUT2D eigenvalue weighted by atomic mass is 10.1. The molecule has 1 amide bonds. The average Bonchev–Trinajstić information content (AvgIpc) is 2.50. The standard InChI is InChI=1S/C17H17ClFNO3S/c18-15-11-14(19)8-9-16(15)20-17(21)12-24(22,23)10-4-7-13-5-2-1-3-6-13/h1-3,5-6,8-9,11H,4,7,10,12H2,(H,20,21). The fourth-order valence-electron chi connectivity index (χ4n) is 2.19. The molecule has 0 bridgehead atoms. The predicted molar refractivity (Wildman–Crippen MR) is 93.5 cm³/mol. The molecule has 1 N–H and O–H groups in total. The maximum absolute atomic E-state index is 12.9. The van der Waals surface area contributed by atoms with Gasteiger partial charge in [-0.05, 0) is 36.6 Å². The van der Waals surface area contributed by atoms with Gasteiger partial charge in [0.25, 0.3) is 0 Å². The first-order valence-electron chi connectivity index (χ1n) is 7.35. The summed E-state index contributed by atoms with van der Waals surface area (Å²) in [6.45, 7) is 0. The Hall–Kier alpha value is -1.92. The first kappa shape index (κ1) is 18.4. The number of sulfone groups is 1. The highest BCUT2D eigenvalue weighted by Crippen LogP contribution is 2.22. The van der Waals surface area contributed by atoms with Crippen LogP contribution in [-0.4, -0.2) is 25.8 Å². The molecule has 0 fully saturated rings. The fourth-order valence-corrected chi connectivity index (χ4v) is 3.60. The predicted octanol–water partition coefficient (Wildman–Crippen LogP) is 3.47. The van der Waals surface area contributed by atoms with E-state index in [1.165, 1.54) is 6.07 Å². The minimum Gasteiger partial charge on any atom is -0.324 e. The summed E-state index contributed by atoms with van der Waals surface area (Å²) in [5, 5.41) is 2.40. The maximum atomic E-state index is 12.9. The summed E-state index contributed by atoms with van der Waals surface area (Å²) < 4.78 is 37.0. The summed E-state index contributed by atoms with van der Waals surface area (Å²) >= 11 is 5.79. The molecule has 0 atom stereocenters. The number of carbonyl (C=O) groups excluding carboxylic acids is 1. The molecular weight excluding hydrogens is 353 g/mol. The van der Waals surface area contributed by atoms with E-state index in [-0.39, 0.29) is 16.5 Å². The van der Waals surface area contributed by atoms with E-state index in [0.29, 0.717) is 12.8 Å². The molecule has 24 heavy (non-hydrogen) atoms. The second-order valence-electron chi connectivity index (χ2n) is 5.35. The molecule has 2 aromatic carbocycles. The number of aryl methyl sites for hydroxylation is 1. The van der Waals surface area contributed by atoms with Crippen LogP contribution in [0.1, 0.15) is 12.0 Å². The highest BCUT2D eigenvalue weighted by atomic mass is 35.5. The number of hydrogen-bond acceptors (Lipinski definition) is 3. The Balaban J connectivity index is 1.85. The highest BCUT2D eigenvalue weighted by molar-refractivity contribution is 7.92. The molecule has 2 aromatic rings. The van der Waals surface area contributed by atoms with Crippen LogP contribution in [0.5, 0.6) is 0 Å². The Labute approximate surface area is 145 Å². The van der Waals surface area contributed by atoms with Crippen LogP contribution in [0.25, 0.3) is 0 Å². The van der Waals surface area contributed by atoms with E-state index in [9.17, 15) is 17.6 Å². The molecule has 0 aromatic heterocycles. The number of hydrogen-bond donors (Lipinski definition) is 1. The number of rotatable bonds is 7. The number of benzene rings is 2. The van der Waals surface area contributed by atoms with E-state index in [2.05, 4.69) is 5.32 Å². The van der Waals surface area contributed by atoms with Crippen molar-refractivity contribution < 1.29 is 17.6 Å². The topological polar surface area (TPSA) is 63.2 Å². The lowest BCUT2D eigenvalue weighted by Crippen LogP contribution is -2.25. The SMILES string of the molecule is O=C(CS(=O)(=O)CCCc1ccccc1)Nc1ccc(F)cc1Cl. The number of amides is 1. The monoisotopic (exact) mass is 369 g/mol. The maximum Gasteiger partial charge on any atom is 0.239 e. The van der Waals surface area contributed by atoms with Crippen molar-refractivity contribution >= 4 is 33.0 Å². The van der Waals surface area contributed by atoms with Crippen molar-refractivity contribution in [3.05, 3.63) is 64.9 Å². The minimum atomic E-state index is -3.52. The zero-order valence-electron chi connectivity index (χ0n) is 12.8. The molecule has 4 nitrogen and oxygen atoms in total. The van der Waals surface area contributed by atoms with Gasteiger partial charge in [0.1, 0.15) is 11.6 Å². The number of nitrogens with one attached hydrogen (secondary N) is 1. The summed E-state index contributed by atoms with van der Waals surface area (Å²) in [6.07, 6.45) is 1.07. The van der Waals surface area contributed by atoms with Crippen LogP contribution in [0.4, 0.5) is 10.1 Å². The van der Waals surface area contributed by atoms with E-state index in [1.54, 1.807) is 0 Å². The second-order valence-corrected chi connectivity index (χ2v) is 7.94. The average molecular weight is 370 g/mol. The minimum absolute atomic E-state index is 0.0184. The van der Waals surface area contributed by atoms with Crippen LogP contribution in [-0.2, 0) is 21.1 Å². The van der Waals surface area contributed by atoms with Gasteiger partial charge in [-0.15, -0.1) is 0 Å². The molecule has 0 saturated carbocycles. The van der Waals surface area contributed by atoms with Gasteiger partial charge in [0.15, 0.2) is 9.84 Å². The van der Waals surface area contributed by atoms with Crippen molar-refractivity contribution in [2.45, 2.75) is 12.8 Å². The van der Waals surface area contributed by atoms with Crippen LogP contribution in [0.15, 0.2) is 48.5 Å². The summed E-state index contributed by atoms with van der Waals surface area (Å²) in [5.74, 6) is -1.93. The molecule has 0 aliphatic rings. The zero-order chi connectivity index (χ0) is 17.6. The molecular formula is C17H17ClFNO3S. The third-order valence-electron chi connectivity index (χ3n) is 3.32. The van der Waals surface area contributed by atoms with Crippen LogP contribution in [0.2, 0.25) is 5.02 Å². The van der Waals surface area contributed by atoms with Gasteiger partial charge in [-0.2, -0.15) is 0 Å². The van der Waals surface area contributed by atoms with Crippen molar-refractivity contribution in [3.63, 3.8) is 0 Å². The summed E-state index contributed by atoms with van der Waals surface area (Å²) in [6, 6.07) is 13.0. The Morgan fingerprint density at radius 1 is 1.12 bits per heavy atom. The van der Waals surface area contributed by atoms with E-state index in [4.69, 9.17) is 11.6 Å². The van der Waals surface area contributed by atoms with Crippen LogP contribution in [0, 0.1) is 5.82 Å². The van der Waals surface area contributed by atoms with Gasteiger partial charge < -0.3 is 5.32 Å². The van der Waals surface area contributed by atoms with Crippen LogP contribution >= 0.6 is 11.6 Å². The first-order chi connectivity index (χ1) is 11.4. The van der Waals surface area contributed by atoms with Gasteiger partial charge in [-0.1, -0.05) is 41.9 Å².